The molecule has 0 amide bonds. The molecule has 3 atom stereocenters. The second-order valence-electron chi connectivity index (χ2n) is 5.79. The maximum atomic E-state index is 13.4. The van der Waals surface area contributed by atoms with Crippen LogP contribution in [0.15, 0.2) is 24.3 Å². The lowest BCUT2D eigenvalue weighted by Gasteiger charge is -2.33. The van der Waals surface area contributed by atoms with Gasteiger partial charge in [0.15, 0.2) is 0 Å². The Morgan fingerprint density at radius 1 is 1.53 bits per heavy atom. The molecule has 1 aromatic rings. The number of benzene rings is 1. The standard InChI is InChI=1S/C15H23FN2O/c1-3-13(17)14(11-5-4-6-12(16)9-11)18-8-7-15(2,19)10-18/h4-6,9,13-14,19H,3,7-8,10,17H2,1-2H3. The van der Waals surface area contributed by atoms with Gasteiger partial charge in [0, 0.05) is 19.1 Å². The molecule has 1 aromatic carbocycles. The van der Waals surface area contributed by atoms with E-state index in [-0.39, 0.29) is 17.9 Å². The van der Waals surface area contributed by atoms with Crippen molar-refractivity contribution >= 4 is 0 Å². The van der Waals surface area contributed by atoms with Crippen molar-refractivity contribution in [2.24, 2.45) is 5.73 Å². The van der Waals surface area contributed by atoms with Crippen molar-refractivity contribution < 1.29 is 9.50 Å². The lowest BCUT2D eigenvalue weighted by Crippen LogP contribution is -2.41. The maximum Gasteiger partial charge on any atom is 0.123 e. The molecule has 2 rings (SSSR count). The quantitative estimate of drug-likeness (QED) is 0.877. The summed E-state index contributed by atoms with van der Waals surface area (Å²) >= 11 is 0. The predicted molar refractivity (Wildman–Crippen MR) is 74.2 cm³/mol. The summed E-state index contributed by atoms with van der Waals surface area (Å²) in [5.74, 6) is -0.239. The number of β-amino-alcohol motifs (C(OH)–C–C–N with tert-alkyl or cyclic N) is 1. The van der Waals surface area contributed by atoms with Crippen molar-refractivity contribution in [3.8, 4) is 0 Å². The first-order valence-electron chi connectivity index (χ1n) is 6.90. The molecular weight excluding hydrogens is 243 g/mol. The average Bonchev–Trinajstić information content (AvgIpc) is 2.69. The minimum atomic E-state index is -0.668. The van der Waals surface area contributed by atoms with E-state index in [0.717, 1.165) is 24.9 Å². The third-order valence-corrected chi connectivity index (χ3v) is 3.94. The van der Waals surface area contributed by atoms with Crippen LogP contribution in [0, 0.1) is 5.82 Å². The molecule has 4 heteroatoms. The molecule has 0 bridgehead atoms. The molecule has 0 aliphatic carbocycles. The molecule has 1 fully saturated rings. The zero-order valence-corrected chi connectivity index (χ0v) is 11.6. The van der Waals surface area contributed by atoms with Gasteiger partial charge in [-0.15, -0.1) is 0 Å². The van der Waals surface area contributed by atoms with Crippen molar-refractivity contribution in [3.05, 3.63) is 35.6 Å². The number of hydrogen-bond acceptors (Lipinski definition) is 3. The highest BCUT2D eigenvalue weighted by atomic mass is 19.1. The van der Waals surface area contributed by atoms with Gasteiger partial charge in [0.05, 0.1) is 11.6 Å². The van der Waals surface area contributed by atoms with Crippen LogP contribution in [0.2, 0.25) is 0 Å². The Hall–Kier alpha value is -0.970. The van der Waals surface area contributed by atoms with Crippen LogP contribution in [-0.2, 0) is 0 Å². The summed E-state index contributed by atoms with van der Waals surface area (Å²) in [5.41, 5.74) is 6.45. The van der Waals surface area contributed by atoms with Gasteiger partial charge in [-0.1, -0.05) is 19.1 Å². The van der Waals surface area contributed by atoms with Gasteiger partial charge in [0.25, 0.3) is 0 Å². The predicted octanol–water partition coefficient (Wildman–Crippen LogP) is 2.06. The number of rotatable bonds is 4. The Balaban J connectivity index is 2.27. The highest BCUT2D eigenvalue weighted by Crippen LogP contribution is 2.32. The van der Waals surface area contributed by atoms with Gasteiger partial charge in [0.1, 0.15) is 5.82 Å². The molecule has 1 aliphatic rings. The minimum Gasteiger partial charge on any atom is -0.389 e. The fourth-order valence-corrected chi connectivity index (χ4v) is 2.86. The molecule has 3 nitrogen and oxygen atoms in total. The molecule has 3 unspecified atom stereocenters. The number of halogens is 1. The Morgan fingerprint density at radius 2 is 2.26 bits per heavy atom. The van der Waals surface area contributed by atoms with Crippen LogP contribution in [0.3, 0.4) is 0 Å². The summed E-state index contributed by atoms with van der Waals surface area (Å²) in [6.45, 7) is 5.25. The SMILES string of the molecule is CCC(N)C(c1cccc(F)c1)N1CCC(C)(O)C1. The molecule has 3 N–H and O–H groups in total. The molecule has 19 heavy (non-hydrogen) atoms. The normalized spacial score (nSPS) is 27.4. The lowest BCUT2D eigenvalue weighted by atomic mass is 9.96. The van der Waals surface area contributed by atoms with Gasteiger partial charge in [-0.05, 0) is 37.5 Å². The summed E-state index contributed by atoms with van der Waals surface area (Å²) in [6.07, 6.45) is 1.55. The van der Waals surface area contributed by atoms with E-state index in [9.17, 15) is 9.50 Å². The summed E-state index contributed by atoms with van der Waals surface area (Å²) < 4.78 is 13.4. The van der Waals surface area contributed by atoms with E-state index in [0.29, 0.717) is 6.54 Å². The van der Waals surface area contributed by atoms with E-state index in [1.807, 2.05) is 19.9 Å². The number of nitrogens with zero attached hydrogens (tertiary/aromatic N) is 1. The molecule has 0 spiro atoms. The number of nitrogens with two attached hydrogens (primary N) is 1. The van der Waals surface area contributed by atoms with Crippen LogP contribution in [0.5, 0.6) is 0 Å². The molecule has 1 aliphatic heterocycles. The van der Waals surface area contributed by atoms with Gasteiger partial charge >= 0.3 is 0 Å². The van der Waals surface area contributed by atoms with E-state index in [2.05, 4.69) is 4.90 Å². The molecule has 1 heterocycles. The van der Waals surface area contributed by atoms with Crippen LogP contribution in [0.1, 0.15) is 38.3 Å². The highest BCUT2D eigenvalue weighted by molar-refractivity contribution is 5.22. The van der Waals surface area contributed by atoms with Crippen LogP contribution in [0.25, 0.3) is 0 Å². The van der Waals surface area contributed by atoms with Gasteiger partial charge in [-0.3, -0.25) is 4.90 Å². The minimum absolute atomic E-state index is 0.0327. The summed E-state index contributed by atoms with van der Waals surface area (Å²) in [7, 11) is 0. The van der Waals surface area contributed by atoms with E-state index in [1.165, 1.54) is 6.07 Å². The van der Waals surface area contributed by atoms with E-state index in [4.69, 9.17) is 5.73 Å². The second kappa shape index (κ2) is 5.57. The zero-order valence-electron chi connectivity index (χ0n) is 11.6. The Bertz CT molecular complexity index is 436. The van der Waals surface area contributed by atoms with E-state index >= 15 is 0 Å². The molecule has 1 saturated heterocycles. The molecule has 0 saturated carbocycles. The first-order valence-corrected chi connectivity index (χ1v) is 6.90. The molecule has 106 valence electrons. The van der Waals surface area contributed by atoms with Crippen LogP contribution in [-0.4, -0.2) is 34.7 Å². The number of likely N-dealkylation sites (tertiary alicyclic amines) is 1. The Labute approximate surface area is 114 Å². The fraction of sp³-hybridized carbons (Fsp3) is 0.600. The van der Waals surface area contributed by atoms with Crippen molar-refractivity contribution in [2.45, 2.75) is 44.4 Å². The Morgan fingerprint density at radius 3 is 2.79 bits per heavy atom. The first-order chi connectivity index (χ1) is 8.93. The highest BCUT2D eigenvalue weighted by Gasteiger charge is 2.37. The van der Waals surface area contributed by atoms with E-state index < -0.39 is 5.60 Å². The summed E-state index contributed by atoms with van der Waals surface area (Å²) in [5, 5.41) is 10.1. The Kier molecular flexibility index (Phi) is 4.23. The van der Waals surface area contributed by atoms with Crippen molar-refractivity contribution in [1.82, 2.24) is 4.90 Å². The lowest BCUT2D eigenvalue weighted by molar-refractivity contribution is 0.0593. The topological polar surface area (TPSA) is 49.5 Å². The molecule has 0 radical (unpaired) electrons. The first kappa shape index (κ1) is 14.4. The van der Waals surface area contributed by atoms with E-state index in [1.54, 1.807) is 12.1 Å². The summed E-state index contributed by atoms with van der Waals surface area (Å²) in [4.78, 5) is 2.17. The van der Waals surface area contributed by atoms with Crippen LogP contribution >= 0.6 is 0 Å². The largest absolute Gasteiger partial charge is 0.389 e. The third-order valence-electron chi connectivity index (χ3n) is 3.94. The van der Waals surface area contributed by atoms with Gasteiger partial charge in [-0.25, -0.2) is 4.39 Å². The summed E-state index contributed by atoms with van der Waals surface area (Å²) in [6, 6.07) is 6.53. The van der Waals surface area contributed by atoms with Crippen LogP contribution in [0.4, 0.5) is 4.39 Å². The third kappa shape index (κ3) is 3.32. The monoisotopic (exact) mass is 266 g/mol. The van der Waals surface area contributed by atoms with Gasteiger partial charge < -0.3 is 10.8 Å². The average molecular weight is 266 g/mol. The zero-order chi connectivity index (χ0) is 14.0. The van der Waals surface area contributed by atoms with Gasteiger partial charge in [-0.2, -0.15) is 0 Å². The fourth-order valence-electron chi connectivity index (χ4n) is 2.86. The van der Waals surface area contributed by atoms with Gasteiger partial charge in [0.2, 0.25) is 0 Å². The van der Waals surface area contributed by atoms with Crippen molar-refractivity contribution in [3.63, 3.8) is 0 Å². The van der Waals surface area contributed by atoms with Crippen LogP contribution < -0.4 is 5.73 Å². The van der Waals surface area contributed by atoms with Crippen molar-refractivity contribution in [2.75, 3.05) is 13.1 Å². The maximum absolute atomic E-state index is 13.4. The molecular formula is C15H23FN2O. The number of aliphatic hydroxyl groups is 1. The second-order valence-corrected chi connectivity index (χ2v) is 5.79. The van der Waals surface area contributed by atoms with Crippen molar-refractivity contribution in [1.29, 1.82) is 0 Å². The number of hydrogen-bond donors (Lipinski definition) is 2. The smallest absolute Gasteiger partial charge is 0.123 e. The molecule has 0 aromatic heterocycles.